The lowest BCUT2D eigenvalue weighted by atomic mass is 9.96. The van der Waals surface area contributed by atoms with Crippen LogP contribution in [0.15, 0.2) is 36.8 Å². The average molecular weight is 628 g/mol. The maximum Gasteiger partial charge on any atom is 0.459 e. The van der Waals surface area contributed by atoms with E-state index in [2.05, 4.69) is 15.1 Å². The summed E-state index contributed by atoms with van der Waals surface area (Å²) in [5.41, 5.74) is 2.34. The number of halogens is 2. The van der Waals surface area contributed by atoms with Crippen molar-refractivity contribution in [3.8, 4) is 5.75 Å². The van der Waals surface area contributed by atoms with Gasteiger partial charge in [-0.05, 0) is 64.3 Å². The molecule has 5 N–H and O–H groups in total. The Morgan fingerprint density at radius 1 is 1.33 bits per heavy atom. The van der Waals surface area contributed by atoms with Gasteiger partial charge in [-0.15, -0.1) is 0 Å². The standard InChI is InChI=1S/C26H32ClFN5O8P/c1-25(2,24(35)39-15-5-4-6-15)32-42(37,41-16-9-7-14(27)8-10-16)38-12-18-20(34)26(3,36)23(40-18)33-11-17(28)19-21(29)30-13-31-22(19)33/h7-11,13,15,18,20,23,34,36H,4-6,12H2,1-3H3,(H,32,37)(H2,29,30,31)/t18?,20-,23?,26-,42?/m1/s1. The van der Waals surface area contributed by atoms with Gasteiger partial charge in [-0.25, -0.2) is 18.9 Å². The second kappa shape index (κ2) is 11.3. The van der Waals surface area contributed by atoms with Crippen molar-refractivity contribution in [2.75, 3.05) is 12.3 Å². The van der Waals surface area contributed by atoms with Crippen LogP contribution in [0.3, 0.4) is 0 Å². The number of nitrogens with one attached hydrogen (secondary N) is 1. The Morgan fingerprint density at radius 2 is 2.02 bits per heavy atom. The molecule has 3 unspecified atom stereocenters. The van der Waals surface area contributed by atoms with Crippen molar-refractivity contribution < 1.29 is 42.5 Å². The number of nitrogens with two attached hydrogens (primary N) is 1. The van der Waals surface area contributed by atoms with Gasteiger partial charge in [0.25, 0.3) is 0 Å². The van der Waals surface area contributed by atoms with Crippen LogP contribution in [0.2, 0.25) is 5.02 Å². The van der Waals surface area contributed by atoms with E-state index < -0.39 is 55.7 Å². The SMILES string of the molecule is CC(C)(NP(=O)(OCC1OC(n2cc(F)c3c(N)ncnc32)[C@](C)(O)[C@@H]1O)Oc1ccc(Cl)cc1)C(=O)OC1CCC1. The van der Waals surface area contributed by atoms with Gasteiger partial charge in [0, 0.05) is 11.2 Å². The molecule has 3 aromatic rings. The lowest BCUT2D eigenvalue weighted by molar-refractivity contribution is -0.159. The second-order valence-electron chi connectivity index (χ2n) is 11.1. The van der Waals surface area contributed by atoms with Crippen LogP contribution < -0.4 is 15.3 Å². The molecule has 0 radical (unpaired) electrons. The molecular formula is C26H32ClFN5O8P. The fourth-order valence-corrected chi connectivity index (χ4v) is 6.49. The van der Waals surface area contributed by atoms with Crippen molar-refractivity contribution in [1.82, 2.24) is 19.6 Å². The normalized spacial score (nSPS) is 26.1. The lowest BCUT2D eigenvalue weighted by Crippen LogP contribution is -2.49. The Morgan fingerprint density at radius 3 is 2.67 bits per heavy atom. The minimum Gasteiger partial charge on any atom is -0.461 e. The predicted octanol–water partition coefficient (Wildman–Crippen LogP) is 3.48. The first-order valence-corrected chi connectivity index (χ1v) is 15.1. The van der Waals surface area contributed by atoms with E-state index in [1.165, 1.54) is 49.6 Å². The number of hydrogen-bond donors (Lipinski definition) is 4. The first kappa shape index (κ1) is 30.6. The molecule has 16 heteroatoms. The molecule has 13 nitrogen and oxygen atoms in total. The summed E-state index contributed by atoms with van der Waals surface area (Å²) in [6, 6.07) is 5.95. The molecule has 0 bridgehead atoms. The first-order valence-electron chi connectivity index (χ1n) is 13.2. The average Bonchev–Trinajstić information content (AvgIpc) is 3.34. The first-order chi connectivity index (χ1) is 19.7. The van der Waals surface area contributed by atoms with E-state index in [1.807, 2.05) is 0 Å². The molecule has 1 aliphatic carbocycles. The highest BCUT2D eigenvalue weighted by molar-refractivity contribution is 7.52. The number of rotatable bonds is 10. The van der Waals surface area contributed by atoms with Gasteiger partial charge < -0.3 is 29.9 Å². The number of aromatic nitrogens is 3. The Labute approximate surface area is 245 Å². The number of hydrogen-bond acceptors (Lipinski definition) is 11. The Kier molecular flexibility index (Phi) is 8.27. The van der Waals surface area contributed by atoms with Crippen molar-refractivity contribution >= 4 is 42.2 Å². The highest BCUT2D eigenvalue weighted by Crippen LogP contribution is 2.49. The quantitative estimate of drug-likeness (QED) is 0.190. The van der Waals surface area contributed by atoms with Gasteiger partial charge in [-0.3, -0.25) is 13.9 Å². The largest absolute Gasteiger partial charge is 0.461 e. The third-order valence-corrected chi connectivity index (χ3v) is 9.33. The summed E-state index contributed by atoms with van der Waals surface area (Å²) in [6.07, 6.45) is 0.157. The molecule has 1 saturated heterocycles. The summed E-state index contributed by atoms with van der Waals surface area (Å²) < 4.78 is 52.8. The smallest absolute Gasteiger partial charge is 0.459 e. The van der Waals surface area contributed by atoms with E-state index in [4.69, 9.17) is 35.9 Å². The van der Waals surface area contributed by atoms with Crippen LogP contribution >= 0.6 is 19.3 Å². The fourth-order valence-electron chi connectivity index (χ4n) is 4.68. The topological polar surface area (TPSA) is 180 Å². The molecule has 5 atom stereocenters. The summed E-state index contributed by atoms with van der Waals surface area (Å²) in [4.78, 5) is 20.7. The van der Waals surface area contributed by atoms with E-state index in [0.717, 1.165) is 31.8 Å². The number of anilines is 1. The molecule has 0 spiro atoms. The van der Waals surface area contributed by atoms with Crippen LogP contribution in [0.1, 0.15) is 46.3 Å². The van der Waals surface area contributed by atoms with E-state index >= 15 is 0 Å². The van der Waals surface area contributed by atoms with Crippen molar-refractivity contribution in [3.05, 3.63) is 47.6 Å². The zero-order valence-corrected chi connectivity index (χ0v) is 24.7. The number of aliphatic hydroxyl groups excluding tert-OH is 1. The van der Waals surface area contributed by atoms with Crippen molar-refractivity contribution in [3.63, 3.8) is 0 Å². The molecule has 42 heavy (non-hydrogen) atoms. The van der Waals surface area contributed by atoms with Gasteiger partial charge >= 0.3 is 13.7 Å². The van der Waals surface area contributed by atoms with Crippen molar-refractivity contribution in [2.45, 2.75) is 75.7 Å². The van der Waals surface area contributed by atoms with Crippen LogP contribution in [0, 0.1) is 5.82 Å². The molecular weight excluding hydrogens is 596 g/mol. The minimum absolute atomic E-state index is 0.0316. The number of nitrogen functional groups attached to an aromatic ring is 1. The predicted molar refractivity (Wildman–Crippen MR) is 149 cm³/mol. The van der Waals surface area contributed by atoms with Crippen LogP contribution in [-0.4, -0.2) is 66.8 Å². The summed E-state index contributed by atoms with van der Waals surface area (Å²) in [5.74, 6) is -1.40. The third kappa shape index (κ3) is 5.98. The number of carbonyl (C=O) groups is 1. The van der Waals surface area contributed by atoms with Crippen LogP contribution in [0.5, 0.6) is 5.75 Å². The molecule has 1 aromatic carbocycles. The number of aliphatic hydroxyl groups is 2. The summed E-state index contributed by atoms with van der Waals surface area (Å²) in [7, 11) is -4.39. The van der Waals surface area contributed by atoms with Crippen molar-refractivity contribution in [1.29, 1.82) is 0 Å². The van der Waals surface area contributed by atoms with E-state index in [0.29, 0.717) is 5.02 Å². The molecule has 0 amide bonds. The van der Waals surface area contributed by atoms with Crippen LogP contribution in [0.25, 0.3) is 11.0 Å². The number of benzene rings is 1. The van der Waals surface area contributed by atoms with E-state index in [1.54, 1.807) is 0 Å². The summed E-state index contributed by atoms with van der Waals surface area (Å²) >= 11 is 5.96. The maximum atomic E-state index is 14.7. The number of esters is 1. The summed E-state index contributed by atoms with van der Waals surface area (Å²) in [5, 5.41) is 25.2. The molecule has 3 heterocycles. The molecule has 1 aliphatic heterocycles. The minimum atomic E-state index is -4.39. The number of fused-ring (bicyclic) bond motifs is 1. The van der Waals surface area contributed by atoms with Gasteiger partial charge in [-0.1, -0.05) is 11.6 Å². The molecule has 2 fully saturated rings. The number of ether oxygens (including phenoxy) is 2. The zero-order chi connectivity index (χ0) is 30.4. The number of carbonyl (C=O) groups excluding carboxylic acids is 1. The lowest BCUT2D eigenvalue weighted by Gasteiger charge is -2.33. The van der Waals surface area contributed by atoms with E-state index in [9.17, 15) is 24.0 Å². The van der Waals surface area contributed by atoms with E-state index in [-0.39, 0.29) is 28.7 Å². The molecule has 2 aliphatic rings. The van der Waals surface area contributed by atoms with Gasteiger partial charge in [-0.2, -0.15) is 5.09 Å². The van der Waals surface area contributed by atoms with Gasteiger partial charge in [0.15, 0.2) is 17.7 Å². The molecule has 5 rings (SSSR count). The highest BCUT2D eigenvalue weighted by atomic mass is 35.5. The van der Waals surface area contributed by atoms with Gasteiger partial charge in [0.2, 0.25) is 0 Å². The molecule has 1 saturated carbocycles. The van der Waals surface area contributed by atoms with Crippen LogP contribution in [0.4, 0.5) is 10.2 Å². The van der Waals surface area contributed by atoms with Gasteiger partial charge in [0.1, 0.15) is 47.3 Å². The van der Waals surface area contributed by atoms with Gasteiger partial charge in [0.05, 0.1) is 12.0 Å². The zero-order valence-electron chi connectivity index (χ0n) is 23.1. The third-order valence-electron chi connectivity index (χ3n) is 7.30. The molecule has 2 aromatic heterocycles. The molecule has 228 valence electrons. The monoisotopic (exact) mass is 627 g/mol. The number of nitrogens with zero attached hydrogens (tertiary/aromatic N) is 3. The Bertz CT molecular complexity index is 1520. The Balaban J connectivity index is 1.37. The highest BCUT2D eigenvalue weighted by Gasteiger charge is 2.54. The fraction of sp³-hybridized carbons (Fsp3) is 0.500. The van der Waals surface area contributed by atoms with Crippen molar-refractivity contribution in [2.24, 2.45) is 0 Å². The second-order valence-corrected chi connectivity index (χ2v) is 13.2. The maximum absolute atomic E-state index is 14.7. The Hall–Kier alpha value is -2.84. The summed E-state index contributed by atoms with van der Waals surface area (Å²) in [6.45, 7) is 3.66. The van der Waals surface area contributed by atoms with Crippen LogP contribution in [-0.2, 0) is 23.4 Å².